The van der Waals surface area contributed by atoms with Crippen molar-refractivity contribution in [3.63, 3.8) is 0 Å². The number of fused-ring (bicyclic) bond motifs is 3. The van der Waals surface area contributed by atoms with Crippen LogP contribution in [0, 0.1) is 5.92 Å². The van der Waals surface area contributed by atoms with Crippen LogP contribution in [0.5, 0.6) is 0 Å². The molecule has 0 spiro atoms. The van der Waals surface area contributed by atoms with Gasteiger partial charge in [-0.3, -0.25) is 0 Å². The Morgan fingerprint density at radius 1 is 1.32 bits per heavy atom. The fourth-order valence-electron chi connectivity index (χ4n) is 2.84. The molecular formula is C17H23N4O+. The quantitative estimate of drug-likeness (QED) is 0.712. The Morgan fingerprint density at radius 2 is 2.09 bits per heavy atom. The summed E-state index contributed by atoms with van der Waals surface area (Å²) in [5, 5.41) is 1.12. The number of benzene rings is 1. The average Bonchev–Trinajstić information content (AvgIpc) is 2.84. The molecule has 0 bridgehead atoms. The number of nitrogens with two attached hydrogens (primary N) is 1. The molecule has 3 aromatic rings. The molecule has 0 aliphatic carbocycles. The predicted octanol–water partition coefficient (Wildman–Crippen LogP) is 2.78. The van der Waals surface area contributed by atoms with Gasteiger partial charge in [-0.25, -0.2) is 14.5 Å². The van der Waals surface area contributed by atoms with Crippen molar-refractivity contribution in [2.24, 2.45) is 5.92 Å². The van der Waals surface area contributed by atoms with Crippen molar-refractivity contribution >= 4 is 27.8 Å². The lowest BCUT2D eigenvalue weighted by atomic mass is 10.1. The fraction of sp³-hybridized carbons (Fsp3) is 0.412. The molecule has 5 heteroatoms. The summed E-state index contributed by atoms with van der Waals surface area (Å²) in [6, 6.07) is 8.12. The van der Waals surface area contributed by atoms with Crippen LogP contribution in [0.25, 0.3) is 21.9 Å². The molecule has 0 aliphatic heterocycles. The van der Waals surface area contributed by atoms with E-state index < -0.39 is 0 Å². The number of anilines is 1. The van der Waals surface area contributed by atoms with Gasteiger partial charge in [-0.1, -0.05) is 26.0 Å². The summed E-state index contributed by atoms with van der Waals surface area (Å²) < 4.78 is 7.90. The van der Waals surface area contributed by atoms with Crippen molar-refractivity contribution in [2.45, 2.75) is 33.9 Å². The number of hydrogen-bond donors (Lipinski definition) is 2. The van der Waals surface area contributed by atoms with Crippen LogP contribution in [0.15, 0.2) is 24.3 Å². The van der Waals surface area contributed by atoms with E-state index >= 15 is 0 Å². The van der Waals surface area contributed by atoms with Crippen LogP contribution in [0.4, 0.5) is 5.82 Å². The number of nitrogens with zero attached hydrogens (tertiary/aromatic N) is 2. The van der Waals surface area contributed by atoms with Crippen molar-refractivity contribution in [3.05, 3.63) is 30.1 Å². The number of rotatable bonds is 5. The van der Waals surface area contributed by atoms with Crippen molar-refractivity contribution in [1.29, 1.82) is 0 Å². The van der Waals surface area contributed by atoms with E-state index in [1.54, 1.807) is 0 Å². The maximum absolute atomic E-state index is 6.17. The van der Waals surface area contributed by atoms with Crippen LogP contribution in [-0.4, -0.2) is 16.6 Å². The Balaban J connectivity index is 2.32. The molecule has 116 valence electrons. The largest absolute Gasteiger partial charge is 0.380 e. The monoisotopic (exact) mass is 299 g/mol. The minimum Gasteiger partial charge on any atom is -0.380 e. The maximum atomic E-state index is 6.17. The molecule has 0 saturated heterocycles. The first-order chi connectivity index (χ1) is 10.6. The highest BCUT2D eigenvalue weighted by Gasteiger charge is 2.24. The summed E-state index contributed by atoms with van der Waals surface area (Å²) in [6.07, 6.45) is 0. The zero-order chi connectivity index (χ0) is 15.7. The third-order valence-electron chi connectivity index (χ3n) is 3.75. The molecule has 0 amide bonds. The molecule has 0 aliphatic rings. The first-order valence-electron chi connectivity index (χ1n) is 7.78. The van der Waals surface area contributed by atoms with Gasteiger partial charge in [-0.15, -0.1) is 0 Å². The molecule has 2 heterocycles. The van der Waals surface area contributed by atoms with E-state index in [1.165, 1.54) is 0 Å². The molecule has 0 saturated carbocycles. The zero-order valence-corrected chi connectivity index (χ0v) is 13.4. The summed E-state index contributed by atoms with van der Waals surface area (Å²) in [5.41, 5.74) is 9.11. The number of aromatic nitrogens is 3. The van der Waals surface area contributed by atoms with Gasteiger partial charge in [-0.05, 0) is 25.0 Å². The molecule has 3 rings (SSSR count). The summed E-state index contributed by atoms with van der Waals surface area (Å²) >= 11 is 0. The molecule has 0 atom stereocenters. The lowest BCUT2D eigenvalue weighted by Gasteiger charge is -2.06. The SMILES string of the molecule is CCOCc1[nH]c2c(N)nc3ccccc3c2[n+]1CC(C)C. The lowest BCUT2D eigenvalue weighted by Crippen LogP contribution is -2.39. The normalized spacial score (nSPS) is 11.8. The zero-order valence-electron chi connectivity index (χ0n) is 13.4. The first-order valence-corrected chi connectivity index (χ1v) is 7.78. The number of hydrogen-bond acceptors (Lipinski definition) is 3. The van der Waals surface area contributed by atoms with Gasteiger partial charge in [0, 0.05) is 6.61 Å². The second-order valence-corrected chi connectivity index (χ2v) is 5.95. The van der Waals surface area contributed by atoms with Gasteiger partial charge in [-0.2, -0.15) is 0 Å². The van der Waals surface area contributed by atoms with E-state index in [9.17, 15) is 0 Å². The molecular weight excluding hydrogens is 276 g/mol. The van der Waals surface area contributed by atoms with Crippen molar-refractivity contribution < 1.29 is 9.30 Å². The van der Waals surface area contributed by atoms with Crippen molar-refractivity contribution in [1.82, 2.24) is 9.97 Å². The number of para-hydroxylation sites is 1. The summed E-state index contributed by atoms with van der Waals surface area (Å²) in [7, 11) is 0. The van der Waals surface area contributed by atoms with Crippen LogP contribution < -0.4 is 10.3 Å². The van der Waals surface area contributed by atoms with E-state index in [0.29, 0.717) is 24.9 Å². The summed E-state index contributed by atoms with van der Waals surface area (Å²) in [6.45, 7) is 8.57. The van der Waals surface area contributed by atoms with E-state index in [-0.39, 0.29) is 0 Å². The van der Waals surface area contributed by atoms with Gasteiger partial charge in [0.2, 0.25) is 5.52 Å². The Hall–Kier alpha value is -2.14. The Morgan fingerprint density at radius 3 is 2.82 bits per heavy atom. The lowest BCUT2D eigenvalue weighted by molar-refractivity contribution is -0.685. The highest BCUT2D eigenvalue weighted by molar-refractivity contribution is 6.04. The highest BCUT2D eigenvalue weighted by atomic mass is 16.5. The van der Waals surface area contributed by atoms with Crippen molar-refractivity contribution in [2.75, 3.05) is 12.3 Å². The molecule has 1 aromatic carbocycles. The number of nitrogens with one attached hydrogen (secondary N) is 1. The second kappa shape index (κ2) is 5.93. The second-order valence-electron chi connectivity index (χ2n) is 5.95. The Labute approximate surface area is 130 Å². The predicted molar refractivity (Wildman–Crippen MR) is 88.4 cm³/mol. The summed E-state index contributed by atoms with van der Waals surface area (Å²) in [5.74, 6) is 2.10. The van der Waals surface area contributed by atoms with Gasteiger partial charge in [0.1, 0.15) is 6.61 Å². The van der Waals surface area contributed by atoms with E-state index in [0.717, 1.165) is 34.3 Å². The minimum atomic E-state index is 0.525. The molecule has 0 radical (unpaired) electrons. The van der Waals surface area contributed by atoms with Crippen LogP contribution >= 0.6 is 0 Å². The smallest absolute Gasteiger partial charge is 0.281 e. The molecule has 3 N–H and O–H groups in total. The number of aromatic amines is 1. The third kappa shape index (κ3) is 2.52. The third-order valence-corrected chi connectivity index (χ3v) is 3.75. The highest BCUT2D eigenvalue weighted by Crippen LogP contribution is 2.25. The van der Waals surface area contributed by atoms with E-state index in [2.05, 4.69) is 34.4 Å². The molecule has 2 aromatic heterocycles. The number of ether oxygens (including phenoxy) is 1. The molecule has 0 fully saturated rings. The summed E-state index contributed by atoms with van der Waals surface area (Å²) in [4.78, 5) is 7.93. The van der Waals surface area contributed by atoms with E-state index in [4.69, 9.17) is 10.5 Å². The van der Waals surface area contributed by atoms with Crippen molar-refractivity contribution in [3.8, 4) is 0 Å². The Bertz CT molecular complexity index is 807. The number of H-pyrrole nitrogens is 1. The topological polar surface area (TPSA) is 67.8 Å². The van der Waals surface area contributed by atoms with Gasteiger partial charge in [0.15, 0.2) is 11.3 Å². The van der Waals surface area contributed by atoms with Gasteiger partial charge < -0.3 is 10.5 Å². The number of pyridine rings is 1. The number of nitrogen functional groups attached to an aromatic ring is 1. The van der Waals surface area contributed by atoms with Crippen LogP contribution in [0.3, 0.4) is 0 Å². The minimum absolute atomic E-state index is 0.525. The molecule has 22 heavy (non-hydrogen) atoms. The first kappa shape index (κ1) is 14.8. The van der Waals surface area contributed by atoms with Crippen LogP contribution in [0.1, 0.15) is 26.6 Å². The van der Waals surface area contributed by atoms with Gasteiger partial charge >= 0.3 is 0 Å². The average molecular weight is 299 g/mol. The standard InChI is InChI=1S/C17H22N4O/c1-4-22-10-14-20-15-16(21(14)9-11(2)3)12-7-5-6-8-13(12)19-17(15)18/h5-8,11H,4,9-10H2,1-3H3,(H2,18,19)/p+1. The number of imidazole rings is 1. The van der Waals surface area contributed by atoms with Gasteiger partial charge in [0.25, 0.3) is 5.82 Å². The fourth-order valence-corrected chi connectivity index (χ4v) is 2.84. The van der Waals surface area contributed by atoms with Crippen LogP contribution in [-0.2, 0) is 17.9 Å². The molecule has 0 unspecified atom stereocenters. The van der Waals surface area contributed by atoms with Crippen LogP contribution in [0.2, 0.25) is 0 Å². The van der Waals surface area contributed by atoms with Gasteiger partial charge in [0.05, 0.1) is 17.4 Å². The Kier molecular flexibility index (Phi) is 3.98. The molecule has 5 nitrogen and oxygen atoms in total. The maximum Gasteiger partial charge on any atom is 0.281 e. The van der Waals surface area contributed by atoms with E-state index in [1.807, 2.05) is 25.1 Å².